The van der Waals surface area contributed by atoms with E-state index in [-0.39, 0.29) is 11.9 Å². The van der Waals surface area contributed by atoms with Crippen LogP contribution in [0.3, 0.4) is 0 Å². The maximum absolute atomic E-state index is 14.0. The van der Waals surface area contributed by atoms with E-state index in [0.717, 1.165) is 22.5 Å². The summed E-state index contributed by atoms with van der Waals surface area (Å²) in [6, 6.07) is 9.41. The van der Waals surface area contributed by atoms with Crippen LogP contribution in [0.1, 0.15) is 29.0 Å². The molecule has 1 unspecified atom stereocenters. The number of hydrogen-bond donors (Lipinski definition) is 1. The van der Waals surface area contributed by atoms with Crippen molar-refractivity contribution in [3.8, 4) is 0 Å². The zero-order chi connectivity index (χ0) is 12.3. The Morgan fingerprint density at radius 2 is 2.18 bits per heavy atom. The normalized spacial score (nSPS) is 12.6. The van der Waals surface area contributed by atoms with Crippen molar-refractivity contribution in [2.45, 2.75) is 19.9 Å². The maximum Gasteiger partial charge on any atom is 0.128 e. The Hall–Kier alpha value is -1.19. The summed E-state index contributed by atoms with van der Waals surface area (Å²) in [7, 11) is 0. The minimum Gasteiger partial charge on any atom is -0.306 e. The second kappa shape index (κ2) is 5.43. The molecule has 0 saturated carbocycles. The molecule has 0 aliphatic carbocycles. The summed E-state index contributed by atoms with van der Waals surface area (Å²) in [6.07, 6.45) is 0. The monoisotopic (exact) mass is 249 g/mol. The second-order valence-electron chi connectivity index (χ2n) is 4.03. The van der Waals surface area contributed by atoms with Crippen LogP contribution in [0.5, 0.6) is 0 Å². The van der Waals surface area contributed by atoms with Crippen molar-refractivity contribution < 1.29 is 4.39 Å². The number of benzene rings is 1. The summed E-state index contributed by atoms with van der Waals surface area (Å²) in [5, 5.41) is 5.35. The van der Waals surface area contributed by atoms with Gasteiger partial charge in [0, 0.05) is 10.4 Å². The first kappa shape index (κ1) is 12.3. The molecule has 0 bridgehead atoms. The van der Waals surface area contributed by atoms with Gasteiger partial charge < -0.3 is 5.32 Å². The topological polar surface area (TPSA) is 12.0 Å². The van der Waals surface area contributed by atoms with Gasteiger partial charge in [-0.05, 0) is 36.5 Å². The highest BCUT2D eigenvalue weighted by molar-refractivity contribution is 7.10. The van der Waals surface area contributed by atoms with Crippen molar-refractivity contribution >= 4 is 11.3 Å². The summed E-state index contributed by atoms with van der Waals surface area (Å²) in [5.41, 5.74) is 1.67. The molecule has 1 heterocycles. The van der Waals surface area contributed by atoms with Crippen molar-refractivity contribution in [3.63, 3.8) is 0 Å². The van der Waals surface area contributed by atoms with Gasteiger partial charge in [-0.2, -0.15) is 0 Å². The average molecular weight is 249 g/mol. The molecule has 17 heavy (non-hydrogen) atoms. The van der Waals surface area contributed by atoms with Gasteiger partial charge >= 0.3 is 0 Å². The van der Waals surface area contributed by atoms with Gasteiger partial charge in [0.1, 0.15) is 5.82 Å². The SMILES string of the molecule is CCNC(c1cccs1)c1ccc(C)cc1F. The average Bonchev–Trinajstić information content (AvgIpc) is 2.80. The highest BCUT2D eigenvalue weighted by atomic mass is 32.1. The predicted octanol–water partition coefficient (Wildman–Crippen LogP) is 3.89. The zero-order valence-electron chi connectivity index (χ0n) is 10.0. The lowest BCUT2D eigenvalue weighted by Gasteiger charge is -2.17. The lowest BCUT2D eigenvalue weighted by atomic mass is 10.0. The van der Waals surface area contributed by atoms with Crippen LogP contribution in [-0.4, -0.2) is 6.54 Å². The Labute approximate surface area is 105 Å². The standard InChI is InChI=1S/C14H16FNS/c1-3-16-14(13-5-4-8-17-13)11-7-6-10(2)9-12(11)15/h4-9,14,16H,3H2,1-2H3. The third-order valence-corrected chi connectivity index (χ3v) is 3.64. The van der Waals surface area contributed by atoms with Crippen LogP contribution in [0.15, 0.2) is 35.7 Å². The lowest BCUT2D eigenvalue weighted by molar-refractivity contribution is 0.562. The number of aryl methyl sites for hydroxylation is 1. The highest BCUT2D eigenvalue weighted by Crippen LogP contribution is 2.28. The zero-order valence-corrected chi connectivity index (χ0v) is 10.9. The van der Waals surface area contributed by atoms with Crippen LogP contribution in [0.2, 0.25) is 0 Å². The Morgan fingerprint density at radius 1 is 1.35 bits per heavy atom. The molecule has 0 aliphatic heterocycles. The molecule has 0 saturated heterocycles. The van der Waals surface area contributed by atoms with Crippen LogP contribution < -0.4 is 5.32 Å². The van der Waals surface area contributed by atoms with Crippen molar-refractivity contribution in [2.75, 3.05) is 6.54 Å². The fourth-order valence-corrected chi connectivity index (χ4v) is 2.71. The molecule has 2 rings (SSSR count). The Kier molecular flexibility index (Phi) is 3.92. The predicted molar refractivity (Wildman–Crippen MR) is 71.0 cm³/mol. The van der Waals surface area contributed by atoms with Crippen molar-refractivity contribution in [1.82, 2.24) is 5.32 Å². The van der Waals surface area contributed by atoms with Gasteiger partial charge in [0.15, 0.2) is 0 Å². The minimum atomic E-state index is -0.135. The molecule has 0 fully saturated rings. The molecule has 1 nitrogen and oxygen atoms in total. The number of nitrogens with one attached hydrogen (secondary N) is 1. The van der Waals surface area contributed by atoms with Crippen LogP contribution in [0, 0.1) is 12.7 Å². The molecular weight excluding hydrogens is 233 g/mol. The molecule has 0 aliphatic rings. The van der Waals surface area contributed by atoms with Gasteiger partial charge in [-0.1, -0.05) is 25.1 Å². The van der Waals surface area contributed by atoms with Crippen LogP contribution in [-0.2, 0) is 0 Å². The molecule has 1 N–H and O–H groups in total. The van der Waals surface area contributed by atoms with Gasteiger partial charge in [0.05, 0.1) is 6.04 Å². The van der Waals surface area contributed by atoms with E-state index < -0.39 is 0 Å². The minimum absolute atomic E-state index is 0.0411. The highest BCUT2D eigenvalue weighted by Gasteiger charge is 2.17. The quantitative estimate of drug-likeness (QED) is 0.866. The fraction of sp³-hybridized carbons (Fsp3) is 0.286. The molecule has 1 aromatic carbocycles. The summed E-state index contributed by atoms with van der Waals surface area (Å²) in [5.74, 6) is -0.135. The largest absolute Gasteiger partial charge is 0.306 e. The number of rotatable bonds is 4. The first-order chi connectivity index (χ1) is 8.22. The second-order valence-corrected chi connectivity index (χ2v) is 5.01. The van der Waals surface area contributed by atoms with Crippen LogP contribution >= 0.6 is 11.3 Å². The third-order valence-electron chi connectivity index (χ3n) is 2.70. The summed E-state index contributed by atoms with van der Waals surface area (Å²) < 4.78 is 14.0. The molecule has 3 heteroatoms. The molecule has 2 aromatic rings. The molecule has 0 amide bonds. The molecule has 1 aromatic heterocycles. The maximum atomic E-state index is 14.0. The van der Waals surface area contributed by atoms with Crippen LogP contribution in [0.4, 0.5) is 4.39 Å². The Balaban J connectivity index is 2.39. The van der Waals surface area contributed by atoms with Gasteiger partial charge in [0.25, 0.3) is 0 Å². The Morgan fingerprint density at radius 3 is 2.76 bits per heavy atom. The van der Waals surface area contributed by atoms with Crippen molar-refractivity contribution in [1.29, 1.82) is 0 Å². The van der Waals surface area contributed by atoms with Gasteiger partial charge in [-0.3, -0.25) is 0 Å². The first-order valence-corrected chi connectivity index (χ1v) is 6.63. The van der Waals surface area contributed by atoms with E-state index in [1.54, 1.807) is 17.4 Å². The van der Waals surface area contributed by atoms with E-state index in [1.807, 2.05) is 43.5 Å². The lowest BCUT2D eigenvalue weighted by Crippen LogP contribution is -2.22. The van der Waals surface area contributed by atoms with E-state index in [4.69, 9.17) is 0 Å². The third kappa shape index (κ3) is 2.73. The molecular formula is C14H16FNS. The summed E-state index contributed by atoms with van der Waals surface area (Å²) in [6.45, 7) is 4.75. The fourth-order valence-electron chi connectivity index (χ4n) is 1.89. The van der Waals surface area contributed by atoms with E-state index >= 15 is 0 Å². The molecule has 90 valence electrons. The Bertz CT molecular complexity index is 479. The van der Waals surface area contributed by atoms with E-state index in [2.05, 4.69) is 5.32 Å². The smallest absolute Gasteiger partial charge is 0.128 e. The van der Waals surface area contributed by atoms with E-state index in [0.29, 0.717) is 0 Å². The van der Waals surface area contributed by atoms with E-state index in [9.17, 15) is 4.39 Å². The van der Waals surface area contributed by atoms with Crippen LogP contribution in [0.25, 0.3) is 0 Å². The summed E-state index contributed by atoms with van der Waals surface area (Å²) in [4.78, 5) is 1.15. The van der Waals surface area contributed by atoms with Crippen molar-refractivity contribution in [3.05, 3.63) is 57.5 Å². The van der Waals surface area contributed by atoms with Gasteiger partial charge in [-0.25, -0.2) is 4.39 Å². The van der Waals surface area contributed by atoms with Gasteiger partial charge in [0.2, 0.25) is 0 Å². The number of halogens is 1. The molecule has 0 radical (unpaired) electrons. The van der Waals surface area contributed by atoms with Gasteiger partial charge in [-0.15, -0.1) is 11.3 Å². The molecule has 1 atom stereocenters. The van der Waals surface area contributed by atoms with E-state index in [1.165, 1.54) is 0 Å². The summed E-state index contributed by atoms with van der Waals surface area (Å²) >= 11 is 1.65. The van der Waals surface area contributed by atoms with Crippen molar-refractivity contribution in [2.24, 2.45) is 0 Å². The molecule has 0 spiro atoms. The number of hydrogen-bond acceptors (Lipinski definition) is 2. The first-order valence-electron chi connectivity index (χ1n) is 5.75. The number of thiophene rings is 1.